The minimum Gasteiger partial charge on any atom is -0.380 e. The summed E-state index contributed by atoms with van der Waals surface area (Å²) in [5.41, 5.74) is 6.91. The molecule has 0 aromatic heterocycles. The highest BCUT2D eigenvalue weighted by atomic mass is 35.5. The van der Waals surface area contributed by atoms with Crippen molar-refractivity contribution in [2.45, 2.75) is 25.5 Å². The Hall–Kier alpha value is -0.600. The number of halogens is 3. The third kappa shape index (κ3) is 11.4. The molecule has 1 amide bonds. The quantitative estimate of drug-likeness (QED) is 0.525. The van der Waals surface area contributed by atoms with Crippen LogP contribution >= 0.6 is 37.2 Å². The summed E-state index contributed by atoms with van der Waals surface area (Å²) in [6.45, 7) is 7.55. The molecule has 1 fully saturated rings. The third-order valence-corrected chi connectivity index (χ3v) is 4.70. The first-order chi connectivity index (χ1) is 12.2. The average molecular weight is 458 g/mol. The number of nitrogens with one attached hydrogen (secondary N) is 1. The van der Waals surface area contributed by atoms with Crippen molar-refractivity contribution in [1.29, 1.82) is 0 Å². The molecule has 0 aliphatic carbocycles. The Morgan fingerprint density at radius 3 is 2.29 bits per heavy atom. The monoisotopic (exact) mass is 456 g/mol. The number of amides is 1. The second kappa shape index (κ2) is 17.3. The number of carbonyl (C=O) groups excluding carboxylic acids is 1. The van der Waals surface area contributed by atoms with Crippen molar-refractivity contribution in [1.82, 2.24) is 15.1 Å². The van der Waals surface area contributed by atoms with E-state index in [0.717, 1.165) is 45.7 Å². The van der Waals surface area contributed by atoms with Crippen molar-refractivity contribution >= 4 is 43.1 Å². The molecule has 1 aliphatic heterocycles. The Bertz CT molecular complexity index is 499. The molecular weight excluding hydrogens is 423 g/mol. The summed E-state index contributed by atoms with van der Waals surface area (Å²) in [7, 11) is 1.59. The van der Waals surface area contributed by atoms with E-state index in [1.807, 2.05) is 0 Å². The van der Waals surface area contributed by atoms with E-state index in [2.05, 4.69) is 45.4 Å². The smallest absolute Gasteiger partial charge is 0.222 e. The van der Waals surface area contributed by atoms with Crippen molar-refractivity contribution in [3.63, 3.8) is 0 Å². The summed E-state index contributed by atoms with van der Waals surface area (Å²) < 4.78 is 5.13. The summed E-state index contributed by atoms with van der Waals surface area (Å²) in [5.74, 6) is 0.0185. The van der Waals surface area contributed by atoms with Gasteiger partial charge in [0.05, 0.1) is 12.5 Å². The number of rotatable bonds is 10. The normalized spacial score (nSPS) is 15.5. The number of methoxy groups -OCH3 is 1. The van der Waals surface area contributed by atoms with Gasteiger partial charge >= 0.3 is 0 Å². The second-order valence-electron chi connectivity index (χ2n) is 6.60. The van der Waals surface area contributed by atoms with Gasteiger partial charge in [-0.15, -0.1) is 37.2 Å². The first kappa shape index (κ1) is 29.6. The number of piperazine rings is 1. The molecule has 0 radical (unpaired) electrons. The molecule has 1 heterocycles. The molecule has 9 heteroatoms. The SMILES string of the molecule is COC(CN)CC(=O)NCCCN1CCN(Cc2ccccc2)CC1.Cl.Cl.Cl. The highest BCUT2D eigenvalue weighted by Crippen LogP contribution is 2.08. The maximum absolute atomic E-state index is 11.8. The number of ether oxygens (including phenoxy) is 1. The van der Waals surface area contributed by atoms with Gasteiger partial charge in [-0.3, -0.25) is 9.69 Å². The van der Waals surface area contributed by atoms with Crippen LogP contribution in [0.2, 0.25) is 0 Å². The van der Waals surface area contributed by atoms with Gasteiger partial charge in [-0.2, -0.15) is 0 Å². The third-order valence-electron chi connectivity index (χ3n) is 4.70. The van der Waals surface area contributed by atoms with Crippen molar-refractivity contribution in [3.05, 3.63) is 35.9 Å². The molecule has 6 nitrogen and oxygen atoms in total. The van der Waals surface area contributed by atoms with Gasteiger partial charge in [-0.25, -0.2) is 0 Å². The number of hydrogen-bond donors (Lipinski definition) is 2. The van der Waals surface area contributed by atoms with E-state index >= 15 is 0 Å². The van der Waals surface area contributed by atoms with Crippen molar-refractivity contribution in [2.75, 3.05) is 52.9 Å². The number of benzene rings is 1. The van der Waals surface area contributed by atoms with Crippen LogP contribution in [-0.4, -0.2) is 74.7 Å². The summed E-state index contributed by atoms with van der Waals surface area (Å²) in [4.78, 5) is 16.8. The van der Waals surface area contributed by atoms with Crippen LogP contribution in [0.25, 0.3) is 0 Å². The van der Waals surface area contributed by atoms with Gasteiger partial charge in [0.2, 0.25) is 5.91 Å². The molecule has 28 heavy (non-hydrogen) atoms. The van der Waals surface area contributed by atoms with Gasteiger partial charge < -0.3 is 20.7 Å². The fourth-order valence-electron chi connectivity index (χ4n) is 3.08. The fraction of sp³-hybridized carbons (Fsp3) is 0.632. The molecule has 1 aliphatic rings. The Morgan fingerprint density at radius 2 is 1.71 bits per heavy atom. The van der Waals surface area contributed by atoms with Gasteiger partial charge in [0.25, 0.3) is 0 Å². The molecule has 1 saturated heterocycles. The lowest BCUT2D eigenvalue weighted by molar-refractivity contribution is -0.123. The van der Waals surface area contributed by atoms with Crippen LogP contribution < -0.4 is 11.1 Å². The van der Waals surface area contributed by atoms with Crippen LogP contribution in [0.3, 0.4) is 0 Å². The first-order valence-electron chi connectivity index (χ1n) is 9.19. The number of nitrogens with zero attached hydrogens (tertiary/aromatic N) is 2. The molecule has 1 unspecified atom stereocenters. The molecule has 1 aromatic carbocycles. The Balaban J connectivity index is 0. The van der Waals surface area contributed by atoms with E-state index in [0.29, 0.717) is 19.5 Å². The van der Waals surface area contributed by atoms with E-state index in [9.17, 15) is 4.79 Å². The van der Waals surface area contributed by atoms with E-state index in [4.69, 9.17) is 10.5 Å². The van der Waals surface area contributed by atoms with Crippen LogP contribution in [0.1, 0.15) is 18.4 Å². The van der Waals surface area contributed by atoms with E-state index < -0.39 is 0 Å². The predicted molar refractivity (Wildman–Crippen MR) is 122 cm³/mol. The second-order valence-corrected chi connectivity index (χ2v) is 6.60. The number of hydrogen-bond acceptors (Lipinski definition) is 5. The minimum atomic E-state index is -0.183. The van der Waals surface area contributed by atoms with E-state index in [1.165, 1.54) is 5.56 Å². The Labute approximate surface area is 187 Å². The predicted octanol–water partition coefficient (Wildman–Crippen LogP) is 1.94. The van der Waals surface area contributed by atoms with Gasteiger partial charge in [-0.05, 0) is 18.5 Å². The zero-order valence-electron chi connectivity index (χ0n) is 16.5. The van der Waals surface area contributed by atoms with Gasteiger partial charge in [0.15, 0.2) is 0 Å². The Morgan fingerprint density at radius 1 is 1.11 bits per heavy atom. The summed E-state index contributed by atoms with van der Waals surface area (Å²) >= 11 is 0. The maximum atomic E-state index is 11.8. The molecular formula is C19H35Cl3N4O2. The Kier molecular flexibility index (Phi) is 18.3. The standard InChI is InChI=1S/C19H32N4O2.3ClH/c1-25-18(15-20)14-19(24)21-8-5-9-22-10-12-23(13-11-22)16-17-6-3-2-4-7-17;;;/h2-4,6-7,18H,5,8-16,20H2,1H3,(H,21,24);3*1H. The largest absolute Gasteiger partial charge is 0.380 e. The number of nitrogens with two attached hydrogens (primary N) is 1. The lowest BCUT2D eigenvalue weighted by atomic mass is 10.2. The molecule has 2 rings (SSSR count). The van der Waals surface area contributed by atoms with Crippen LogP contribution in [0.5, 0.6) is 0 Å². The number of carbonyl (C=O) groups is 1. The van der Waals surface area contributed by atoms with E-state index in [1.54, 1.807) is 7.11 Å². The summed E-state index contributed by atoms with van der Waals surface area (Å²) in [6, 6.07) is 10.6. The van der Waals surface area contributed by atoms with Crippen molar-refractivity contribution < 1.29 is 9.53 Å². The van der Waals surface area contributed by atoms with Crippen LogP contribution in [0.4, 0.5) is 0 Å². The average Bonchev–Trinajstić information content (AvgIpc) is 2.65. The first-order valence-corrected chi connectivity index (χ1v) is 9.19. The fourth-order valence-corrected chi connectivity index (χ4v) is 3.08. The summed E-state index contributed by atoms with van der Waals surface area (Å²) in [5, 5.41) is 2.95. The topological polar surface area (TPSA) is 70.8 Å². The molecule has 0 bridgehead atoms. The van der Waals surface area contributed by atoms with Gasteiger partial charge in [0.1, 0.15) is 0 Å². The lowest BCUT2D eigenvalue weighted by Gasteiger charge is -2.34. The molecule has 0 spiro atoms. The lowest BCUT2D eigenvalue weighted by Crippen LogP contribution is -2.46. The van der Waals surface area contributed by atoms with Crippen molar-refractivity contribution in [2.24, 2.45) is 5.73 Å². The van der Waals surface area contributed by atoms with Crippen LogP contribution in [-0.2, 0) is 16.1 Å². The zero-order valence-corrected chi connectivity index (χ0v) is 19.0. The van der Waals surface area contributed by atoms with Crippen LogP contribution in [0, 0.1) is 0 Å². The highest BCUT2D eigenvalue weighted by molar-refractivity contribution is 5.86. The zero-order chi connectivity index (χ0) is 17.9. The van der Waals surface area contributed by atoms with Gasteiger partial charge in [0, 0.05) is 52.9 Å². The molecule has 1 atom stereocenters. The van der Waals surface area contributed by atoms with Gasteiger partial charge in [-0.1, -0.05) is 30.3 Å². The molecule has 164 valence electrons. The minimum absolute atomic E-state index is 0. The van der Waals surface area contributed by atoms with Crippen LogP contribution in [0.15, 0.2) is 30.3 Å². The molecule has 0 saturated carbocycles. The van der Waals surface area contributed by atoms with Crippen molar-refractivity contribution in [3.8, 4) is 0 Å². The molecule has 1 aromatic rings. The van der Waals surface area contributed by atoms with E-state index in [-0.39, 0.29) is 49.2 Å². The summed E-state index contributed by atoms with van der Waals surface area (Å²) in [6.07, 6.45) is 1.13. The highest BCUT2D eigenvalue weighted by Gasteiger charge is 2.16. The molecule has 3 N–H and O–H groups in total. The maximum Gasteiger partial charge on any atom is 0.222 e.